The van der Waals surface area contributed by atoms with E-state index in [-0.39, 0.29) is 0 Å². The van der Waals surface area contributed by atoms with Gasteiger partial charge < -0.3 is 9.84 Å². The number of hydrogen-bond acceptors (Lipinski definition) is 2. The summed E-state index contributed by atoms with van der Waals surface area (Å²) in [4.78, 5) is 10.9. The zero-order chi connectivity index (χ0) is 12.4. The fourth-order valence-corrected chi connectivity index (χ4v) is 2.21. The van der Waals surface area contributed by atoms with E-state index in [0.717, 1.165) is 28.5 Å². The van der Waals surface area contributed by atoms with Crippen molar-refractivity contribution in [1.82, 2.24) is 0 Å². The van der Waals surface area contributed by atoms with Gasteiger partial charge in [-0.05, 0) is 42.5 Å². The van der Waals surface area contributed by atoms with Gasteiger partial charge >= 0.3 is 5.97 Å². The van der Waals surface area contributed by atoms with E-state index >= 15 is 0 Å². The summed E-state index contributed by atoms with van der Waals surface area (Å²) >= 11 is 3.40. The molecular weight excluding hydrogens is 284 g/mol. The summed E-state index contributed by atoms with van der Waals surface area (Å²) in [6.45, 7) is 0. The Morgan fingerprint density at radius 3 is 2.76 bits per heavy atom. The summed E-state index contributed by atoms with van der Waals surface area (Å²) in [5, 5.41) is 8.93. The highest BCUT2D eigenvalue weighted by molar-refractivity contribution is 9.10. The molecule has 1 aliphatic carbocycles. The van der Waals surface area contributed by atoms with E-state index in [1.807, 2.05) is 18.2 Å². The number of aliphatic carboxylic acids is 1. The van der Waals surface area contributed by atoms with Crippen molar-refractivity contribution in [3.63, 3.8) is 0 Å². The third-order valence-electron chi connectivity index (χ3n) is 2.77. The average Bonchev–Trinajstić information content (AvgIpc) is 3.09. The van der Waals surface area contributed by atoms with E-state index in [0.29, 0.717) is 11.7 Å². The monoisotopic (exact) mass is 296 g/mol. The van der Waals surface area contributed by atoms with Gasteiger partial charge in [0.05, 0.1) is 7.11 Å². The predicted octanol–water partition coefficient (Wildman–Crippen LogP) is 3.34. The van der Waals surface area contributed by atoms with Gasteiger partial charge in [-0.1, -0.05) is 15.9 Å². The van der Waals surface area contributed by atoms with Gasteiger partial charge in [0, 0.05) is 16.1 Å². The lowest BCUT2D eigenvalue weighted by atomic mass is 10.00. The van der Waals surface area contributed by atoms with Gasteiger partial charge in [-0.3, -0.25) is 0 Å². The first-order valence-corrected chi connectivity index (χ1v) is 6.19. The van der Waals surface area contributed by atoms with Crippen LogP contribution in [0.1, 0.15) is 18.4 Å². The molecule has 17 heavy (non-hydrogen) atoms. The maximum absolute atomic E-state index is 10.9. The Hall–Kier alpha value is -1.29. The van der Waals surface area contributed by atoms with Crippen LogP contribution in [0.3, 0.4) is 0 Å². The molecule has 0 unspecified atom stereocenters. The van der Waals surface area contributed by atoms with Gasteiger partial charge in [0.25, 0.3) is 0 Å². The van der Waals surface area contributed by atoms with E-state index in [4.69, 9.17) is 9.84 Å². The van der Waals surface area contributed by atoms with Crippen molar-refractivity contribution in [2.45, 2.75) is 12.8 Å². The molecule has 0 heterocycles. The minimum absolute atomic E-state index is 0.356. The lowest BCUT2D eigenvalue weighted by molar-refractivity contribution is -0.131. The Labute approximate surface area is 108 Å². The van der Waals surface area contributed by atoms with Gasteiger partial charge in [-0.15, -0.1) is 0 Å². The Kier molecular flexibility index (Phi) is 3.52. The number of methoxy groups -OCH3 is 1. The highest BCUT2D eigenvalue weighted by Gasteiger charge is 2.29. The van der Waals surface area contributed by atoms with Crippen molar-refractivity contribution < 1.29 is 14.6 Å². The molecule has 0 aliphatic heterocycles. The predicted molar refractivity (Wildman–Crippen MR) is 69.0 cm³/mol. The van der Waals surface area contributed by atoms with Crippen molar-refractivity contribution in [3.8, 4) is 5.75 Å². The van der Waals surface area contributed by atoms with Gasteiger partial charge in [0.15, 0.2) is 0 Å². The molecule has 1 aliphatic rings. The molecule has 0 atom stereocenters. The highest BCUT2D eigenvalue weighted by Crippen LogP contribution is 2.45. The molecule has 0 spiro atoms. The Morgan fingerprint density at radius 2 is 2.24 bits per heavy atom. The molecule has 1 fully saturated rings. The minimum Gasteiger partial charge on any atom is -0.496 e. The molecule has 3 nitrogen and oxygen atoms in total. The molecule has 1 aromatic carbocycles. The fourth-order valence-electron chi connectivity index (χ4n) is 1.85. The Morgan fingerprint density at radius 1 is 1.53 bits per heavy atom. The summed E-state index contributed by atoms with van der Waals surface area (Å²) in [6, 6.07) is 5.64. The first kappa shape index (κ1) is 12.2. The van der Waals surface area contributed by atoms with Gasteiger partial charge in [0.1, 0.15) is 5.75 Å². The SMILES string of the molecule is COc1ccc(Br)cc1/C(=C/C(=O)O)C1CC1. The standard InChI is InChI=1S/C13H13BrO3/c1-17-12-5-4-9(14)6-11(12)10(7-13(15)16)8-2-3-8/h4-8H,2-3H2,1H3,(H,15,16)/b10-7+. The molecule has 1 N–H and O–H groups in total. The zero-order valence-electron chi connectivity index (χ0n) is 9.44. The number of halogens is 1. The summed E-state index contributed by atoms with van der Waals surface area (Å²) < 4.78 is 6.21. The van der Waals surface area contributed by atoms with E-state index in [1.165, 1.54) is 6.08 Å². The van der Waals surface area contributed by atoms with E-state index in [9.17, 15) is 4.79 Å². The summed E-state index contributed by atoms with van der Waals surface area (Å²) in [7, 11) is 1.60. The second-order valence-electron chi connectivity index (χ2n) is 4.06. The number of carboxylic acids is 1. The van der Waals surface area contributed by atoms with Gasteiger partial charge in [-0.25, -0.2) is 4.79 Å². The summed E-state index contributed by atoms with van der Waals surface area (Å²) in [5.41, 5.74) is 1.72. The van der Waals surface area contributed by atoms with Crippen LogP contribution >= 0.6 is 15.9 Å². The fraction of sp³-hybridized carbons (Fsp3) is 0.308. The molecule has 0 saturated heterocycles. The molecule has 0 amide bonds. The minimum atomic E-state index is -0.908. The maximum Gasteiger partial charge on any atom is 0.328 e. The number of allylic oxidation sites excluding steroid dienone is 1. The quantitative estimate of drug-likeness (QED) is 0.867. The molecule has 4 heteroatoms. The van der Waals surface area contributed by atoms with Crippen LogP contribution in [0.25, 0.3) is 5.57 Å². The molecule has 0 bridgehead atoms. The molecule has 0 aromatic heterocycles. The largest absolute Gasteiger partial charge is 0.496 e. The van der Waals surface area contributed by atoms with Crippen LogP contribution in [-0.4, -0.2) is 18.2 Å². The second kappa shape index (κ2) is 4.92. The van der Waals surface area contributed by atoms with Crippen LogP contribution in [0.4, 0.5) is 0 Å². The van der Waals surface area contributed by atoms with Gasteiger partial charge in [0.2, 0.25) is 0 Å². The first-order chi connectivity index (χ1) is 8.11. The smallest absolute Gasteiger partial charge is 0.328 e. The number of hydrogen-bond donors (Lipinski definition) is 1. The van der Waals surface area contributed by atoms with Crippen LogP contribution < -0.4 is 4.74 Å². The molecule has 2 rings (SSSR count). The molecule has 0 radical (unpaired) electrons. The van der Waals surface area contributed by atoms with Crippen molar-refractivity contribution in [2.24, 2.45) is 5.92 Å². The topological polar surface area (TPSA) is 46.5 Å². The lowest BCUT2D eigenvalue weighted by Gasteiger charge is -2.11. The van der Waals surface area contributed by atoms with Crippen molar-refractivity contribution >= 4 is 27.5 Å². The van der Waals surface area contributed by atoms with Crippen LogP contribution in [-0.2, 0) is 4.79 Å². The highest BCUT2D eigenvalue weighted by atomic mass is 79.9. The summed E-state index contributed by atoms with van der Waals surface area (Å²) in [5.74, 6) is 0.163. The van der Waals surface area contributed by atoms with Crippen molar-refractivity contribution in [3.05, 3.63) is 34.3 Å². The number of carboxylic acid groups (broad SMARTS) is 1. The summed E-state index contributed by atoms with van der Waals surface area (Å²) in [6.07, 6.45) is 3.39. The average molecular weight is 297 g/mol. The lowest BCUT2D eigenvalue weighted by Crippen LogP contribution is -1.97. The number of rotatable bonds is 4. The number of carbonyl (C=O) groups is 1. The second-order valence-corrected chi connectivity index (χ2v) is 4.97. The number of ether oxygens (including phenoxy) is 1. The van der Waals surface area contributed by atoms with Crippen molar-refractivity contribution in [1.29, 1.82) is 0 Å². The third-order valence-corrected chi connectivity index (χ3v) is 3.26. The van der Waals surface area contributed by atoms with E-state index < -0.39 is 5.97 Å². The molecule has 90 valence electrons. The molecule has 1 saturated carbocycles. The van der Waals surface area contributed by atoms with Gasteiger partial charge in [-0.2, -0.15) is 0 Å². The third kappa shape index (κ3) is 2.88. The van der Waals surface area contributed by atoms with E-state index in [1.54, 1.807) is 7.11 Å². The van der Waals surface area contributed by atoms with Crippen LogP contribution in [0.15, 0.2) is 28.7 Å². The van der Waals surface area contributed by atoms with Crippen LogP contribution in [0, 0.1) is 5.92 Å². The number of benzene rings is 1. The van der Waals surface area contributed by atoms with Crippen molar-refractivity contribution in [2.75, 3.05) is 7.11 Å². The Balaban J connectivity index is 2.48. The van der Waals surface area contributed by atoms with Crippen LogP contribution in [0.5, 0.6) is 5.75 Å². The maximum atomic E-state index is 10.9. The zero-order valence-corrected chi connectivity index (χ0v) is 11.0. The Bertz CT molecular complexity index is 476. The van der Waals surface area contributed by atoms with E-state index in [2.05, 4.69) is 15.9 Å². The molecule has 1 aromatic rings. The molecular formula is C13H13BrO3. The van der Waals surface area contributed by atoms with Crippen LogP contribution in [0.2, 0.25) is 0 Å². The first-order valence-electron chi connectivity index (χ1n) is 5.40. The normalized spacial score (nSPS) is 15.8.